The van der Waals surface area contributed by atoms with Crippen LogP contribution in [-0.2, 0) is 0 Å². The van der Waals surface area contributed by atoms with Crippen LogP contribution in [0, 0.1) is 0 Å². The number of nitrogens with one attached hydrogen (secondary N) is 1. The molecule has 7 heteroatoms. The van der Waals surface area contributed by atoms with Gasteiger partial charge in [0.05, 0.1) is 0 Å². The van der Waals surface area contributed by atoms with E-state index in [2.05, 4.69) is 34.2 Å². The van der Waals surface area contributed by atoms with E-state index < -0.39 is 0 Å². The zero-order valence-electron chi connectivity index (χ0n) is 16.4. The van der Waals surface area contributed by atoms with E-state index >= 15 is 0 Å². The lowest BCUT2D eigenvalue weighted by molar-refractivity contribution is 0.0952. The molecule has 3 N–H and O–H groups in total. The van der Waals surface area contributed by atoms with Crippen LogP contribution < -0.4 is 11.1 Å². The van der Waals surface area contributed by atoms with E-state index in [4.69, 9.17) is 10.3 Å². The number of anilines is 1. The average molecular weight is 374 g/mol. The average Bonchev–Trinajstić information content (AvgIpc) is 3.08. The first-order valence-corrected chi connectivity index (χ1v) is 9.83. The van der Waals surface area contributed by atoms with Gasteiger partial charge in [-0.3, -0.25) is 9.78 Å². The van der Waals surface area contributed by atoms with Crippen molar-refractivity contribution in [2.75, 3.05) is 31.9 Å². The van der Waals surface area contributed by atoms with Crippen molar-refractivity contribution < 1.29 is 9.32 Å². The van der Waals surface area contributed by atoms with E-state index in [0.29, 0.717) is 17.8 Å². The predicted molar refractivity (Wildman–Crippen MR) is 107 cm³/mol. The van der Waals surface area contributed by atoms with E-state index in [9.17, 15) is 4.79 Å². The molecular formula is C20H31N5O2. The van der Waals surface area contributed by atoms with Crippen LogP contribution in [0.5, 0.6) is 0 Å². The second-order valence-corrected chi connectivity index (χ2v) is 6.67. The van der Waals surface area contributed by atoms with Crippen molar-refractivity contribution in [2.45, 2.75) is 46.0 Å². The lowest BCUT2D eigenvalue weighted by Gasteiger charge is -2.21. The maximum Gasteiger partial charge on any atom is 0.259 e. The molecule has 0 saturated heterocycles. The fourth-order valence-electron chi connectivity index (χ4n) is 2.91. The summed E-state index contributed by atoms with van der Waals surface area (Å²) in [5.74, 6) is -0.236. The molecule has 0 saturated carbocycles. The number of nitrogens with two attached hydrogens (primary N) is 1. The van der Waals surface area contributed by atoms with Crippen molar-refractivity contribution in [3.63, 3.8) is 0 Å². The van der Waals surface area contributed by atoms with Crippen LogP contribution in [0.25, 0.3) is 11.3 Å². The van der Waals surface area contributed by atoms with Gasteiger partial charge in [0.2, 0.25) is 5.88 Å². The van der Waals surface area contributed by atoms with Crippen LogP contribution in [0.4, 0.5) is 5.88 Å². The fourth-order valence-corrected chi connectivity index (χ4v) is 2.91. The molecule has 0 aliphatic heterocycles. The number of hydrogen-bond acceptors (Lipinski definition) is 6. The minimum atomic E-state index is -0.263. The molecule has 0 aliphatic rings. The number of nitrogens with zero attached hydrogens (tertiary/aromatic N) is 3. The molecule has 2 aromatic rings. The third-order valence-corrected chi connectivity index (χ3v) is 4.47. The van der Waals surface area contributed by atoms with Crippen LogP contribution >= 0.6 is 0 Å². The first-order valence-electron chi connectivity index (χ1n) is 9.83. The predicted octanol–water partition coefficient (Wildman–Crippen LogP) is 3.34. The van der Waals surface area contributed by atoms with E-state index in [-0.39, 0.29) is 17.4 Å². The summed E-state index contributed by atoms with van der Waals surface area (Å²) in [6, 6.07) is 3.60. The fraction of sp³-hybridized carbons (Fsp3) is 0.550. The summed E-state index contributed by atoms with van der Waals surface area (Å²) in [5, 5.41) is 6.86. The van der Waals surface area contributed by atoms with Gasteiger partial charge in [-0.05, 0) is 51.0 Å². The minimum Gasteiger partial charge on any atom is -0.367 e. The number of pyridine rings is 1. The zero-order valence-corrected chi connectivity index (χ0v) is 16.4. The lowest BCUT2D eigenvalue weighted by atomic mass is 10.1. The summed E-state index contributed by atoms with van der Waals surface area (Å²) in [6.07, 6.45) is 9.01. The molecule has 148 valence electrons. The topological polar surface area (TPSA) is 97.3 Å². The second kappa shape index (κ2) is 11.3. The molecule has 0 spiro atoms. The maximum atomic E-state index is 12.6. The van der Waals surface area contributed by atoms with Gasteiger partial charge in [0.1, 0.15) is 11.3 Å². The van der Waals surface area contributed by atoms with Gasteiger partial charge in [-0.25, -0.2) is 0 Å². The number of unbranched alkanes of at least 4 members (excludes halogenated alkanes) is 2. The number of hydrogen-bond donors (Lipinski definition) is 2. The number of aromatic nitrogens is 2. The van der Waals surface area contributed by atoms with Crippen molar-refractivity contribution in [3.8, 4) is 11.3 Å². The van der Waals surface area contributed by atoms with Crippen LogP contribution in [0.15, 0.2) is 29.0 Å². The summed E-state index contributed by atoms with van der Waals surface area (Å²) in [4.78, 5) is 19.1. The minimum absolute atomic E-state index is 0.0267. The summed E-state index contributed by atoms with van der Waals surface area (Å²) in [5.41, 5.74) is 7.22. The number of carbonyl (C=O) groups excluding carboxylic acids is 1. The van der Waals surface area contributed by atoms with Crippen molar-refractivity contribution >= 4 is 11.8 Å². The molecule has 27 heavy (non-hydrogen) atoms. The second-order valence-electron chi connectivity index (χ2n) is 6.67. The van der Waals surface area contributed by atoms with Gasteiger partial charge in [0.15, 0.2) is 0 Å². The first kappa shape index (κ1) is 20.9. The quantitative estimate of drug-likeness (QED) is 0.554. The van der Waals surface area contributed by atoms with Crippen molar-refractivity contribution in [2.24, 2.45) is 0 Å². The molecule has 0 aliphatic carbocycles. The van der Waals surface area contributed by atoms with Gasteiger partial charge in [-0.1, -0.05) is 31.8 Å². The molecule has 2 aromatic heterocycles. The number of nitrogen functional groups attached to an aromatic ring is 1. The molecule has 0 radical (unpaired) electrons. The van der Waals surface area contributed by atoms with Crippen LogP contribution in [-0.4, -0.2) is 47.1 Å². The van der Waals surface area contributed by atoms with Crippen LogP contribution in [0.1, 0.15) is 56.3 Å². The standard InChI is InChI=1S/C20H31N5O2/c1-3-5-12-25(13-6-4-2)14-8-11-23-20(26)17-18(24-27-19(17)21)16-9-7-10-22-15-16/h7,9-10,15H,3-6,8,11-14,21H2,1-2H3,(H,23,26). The van der Waals surface area contributed by atoms with E-state index in [0.717, 1.165) is 26.1 Å². The largest absolute Gasteiger partial charge is 0.367 e. The molecule has 1 amide bonds. The Balaban J connectivity index is 1.88. The molecular weight excluding hydrogens is 342 g/mol. The van der Waals surface area contributed by atoms with Crippen molar-refractivity contribution in [1.29, 1.82) is 0 Å². The lowest BCUT2D eigenvalue weighted by Crippen LogP contribution is -2.31. The van der Waals surface area contributed by atoms with Crippen molar-refractivity contribution in [3.05, 3.63) is 30.1 Å². The highest BCUT2D eigenvalue weighted by Gasteiger charge is 2.22. The SMILES string of the molecule is CCCCN(CCCC)CCCNC(=O)c1c(-c2cccnc2)noc1N. The third-order valence-electron chi connectivity index (χ3n) is 4.47. The van der Waals surface area contributed by atoms with Gasteiger partial charge in [0, 0.05) is 24.5 Å². The van der Waals surface area contributed by atoms with Crippen LogP contribution in [0.2, 0.25) is 0 Å². The summed E-state index contributed by atoms with van der Waals surface area (Å²) in [7, 11) is 0. The van der Waals surface area contributed by atoms with Crippen molar-refractivity contribution in [1.82, 2.24) is 20.4 Å². The normalized spacial score (nSPS) is 11.1. The Morgan fingerprint density at radius 1 is 1.19 bits per heavy atom. The Labute approximate surface area is 161 Å². The number of carbonyl (C=O) groups is 1. The molecule has 2 heterocycles. The highest BCUT2D eigenvalue weighted by atomic mass is 16.5. The van der Waals surface area contributed by atoms with Gasteiger partial charge in [-0.2, -0.15) is 0 Å². The number of amides is 1. The third kappa shape index (κ3) is 6.36. The highest BCUT2D eigenvalue weighted by molar-refractivity contribution is 6.03. The van der Waals surface area contributed by atoms with E-state index in [1.54, 1.807) is 18.5 Å². The molecule has 0 fully saturated rings. The summed E-state index contributed by atoms with van der Waals surface area (Å²) < 4.78 is 5.04. The molecule has 0 bridgehead atoms. The molecule has 0 atom stereocenters. The number of rotatable bonds is 12. The Hall–Kier alpha value is -2.41. The van der Waals surface area contributed by atoms with Gasteiger partial charge >= 0.3 is 0 Å². The zero-order chi connectivity index (χ0) is 19.5. The van der Waals surface area contributed by atoms with Crippen LogP contribution in [0.3, 0.4) is 0 Å². The Bertz CT molecular complexity index is 679. The van der Waals surface area contributed by atoms with Gasteiger partial charge < -0.3 is 20.5 Å². The Kier molecular flexibility index (Phi) is 8.77. The Morgan fingerprint density at radius 3 is 2.52 bits per heavy atom. The summed E-state index contributed by atoms with van der Waals surface area (Å²) in [6.45, 7) is 8.23. The van der Waals surface area contributed by atoms with Gasteiger partial charge in [0.25, 0.3) is 5.91 Å². The van der Waals surface area contributed by atoms with E-state index in [1.165, 1.54) is 25.7 Å². The van der Waals surface area contributed by atoms with Gasteiger partial charge in [-0.15, -0.1) is 0 Å². The Morgan fingerprint density at radius 2 is 1.89 bits per heavy atom. The summed E-state index contributed by atoms with van der Waals surface area (Å²) >= 11 is 0. The molecule has 0 aromatic carbocycles. The highest BCUT2D eigenvalue weighted by Crippen LogP contribution is 2.26. The smallest absolute Gasteiger partial charge is 0.259 e. The maximum absolute atomic E-state index is 12.6. The first-order chi connectivity index (χ1) is 13.2. The van der Waals surface area contributed by atoms with E-state index in [1.807, 2.05) is 6.07 Å². The monoisotopic (exact) mass is 373 g/mol. The molecule has 2 rings (SSSR count). The molecule has 7 nitrogen and oxygen atoms in total. The molecule has 0 unspecified atom stereocenters.